The lowest BCUT2D eigenvalue weighted by atomic mass is 10.0. The maximum atomic E-state index is 12.7. The van der Waals surface area contributed by atoms with Gasteiger partial charge in [0.2, 0.25) is 5.91 Å². The van der Waals surface area contributed by atoms with Crippen LogP contribution in [0, 0.1) is 5.92 Å². The molecule has 4 aromatic heterocycles. The second-order valence-corrected chi connectivity index (χ2v) is 7.96. The molecule has 144 valence electrons. The molecular formula is C20H22N6OS. The van der Waals surface area contributed by atoms with Crippen LogP contribution in [0.1, 0.15) is 37.8 Å². The smallest absolute Gasteiger partial charge is 0.226 e. The van der Waals surface area contributed by atoms with Crippen LogP contribution in [0.2, 0.25) is 0 Å². The first kappa shape index (κ1) is 18.4. The van der Waals surface area contributed by atoms with Crippen molar-refractivity contribution >= 4 is 22.9 Å². The Morgan fingerprint density at radius 3 is 2.71 bits per heavy atom. The first-order valence-electron chi connectivity index (χ1n) is 9.27. The minimum Gasteiger partial charge on any atom is -0.346 e. The fraction of sp³-hybridized carbons (Fsp3) is 0.300. The van der Waals surface area contributed by atoms with Crippen molar-refractivity contribution in [2.75, 3.05) is 0 Å². The lowest BCUT2D eigenvalue weighted by Crippen LogP contribution is -2.32. The molecule has 0 bridgehead atoms. The predicted molar refractivity (Wildman–Crippen MR) is 108 cm³/mol. The highest BCUT2D eigenvalue weighted by molar-refractivity contribution is 7.12. The molecule has 0 spiro atoms. The lowest BCUT2D eigenvalue weighted by molar-refractivity contribution is -0.121. The molecule has 0 radical (unpaired) electrons. The van der Waals surface area contributed by atoms with Gasteiger partial charge in [-0.25, -0.2) is 4.98 Å². The first-order chi connectivity index (χ1) is 13.6. The molecule has 0 aliphatic carbocycles. The first-order valence-corrected chi connectivity index (χ1v) is 10.1. The molecule has 0 fully saturated rings. The second kappa shape index (κ2) is 7.93. The van der Waals surface area contributed by atoms with Gasteiger partial charge in [0, 0.05) is 24.0 Å². The van der Waals surface area contributed by atoms with E-state index in [1.807, 2.05) is 63.3 Å². The summed E-state index contributed by atoms with van der Waals surface area (Å²) in [6.45, 7) is 4.26. The van der Waals surface area contributed by atoms with Crippen LogP contribution in [0.15, 0.2) is 54.3 Å². The van der Waals surface area contributed by atoms with Gasteiger partial charge in [-0.2, -0.15) is 0 Å². The number of amides is 1. The molecule has 0 saturated heterocycles. The van der Waals surface area contributed by atoms with Crippen molar-refractivity contribution < 1.29 is 4.79 Å². The minimum atomic E-state index is -0.201. The number of hydrogen-bond donors (Lipinski definition) is 1. The van der Waals surface area contributed by atoms with Gasteiger partial charge in [-0.15, -0.1) is 21.5 Å². The van der Waals surface area contributed by atoms with Crippen LogP contribution in [0.25, 0.3) is 10.8 Å². The van der Waals surface area contributed by atoms with E-state index in [9.17, 15) is 4.79 Å². The molecule has 1 N–H and O–H groups in total. The van der Waals surface area contributed by atoms with Gasteiger partial charge in [-0.1, -0.05) is 19.9 Å². The van der Waals surface area contributed by atoms with Gasteiger partial charge >= 0.3 is 0 Å². The number of carbonyl (C=O) groups is 1. The van der Waals surface area contributed by atoms with Crippen molar-refractivity contribution in [2.24, 2.45) is 5.92 Å². The maximum absolute atomic E-state index is 12.7. The SMILES string of the molecule is CC(C)CC(NC(=O)Cc1csc(-n2cccc2)n1)c1nnc2ccccn12. The summed E-state index contributed by atoms with van der Waals surface area (Å²) >= 11 is 1.52. The Labute approximate surface area is 167 Å². The number of nitrogens with one attached hydrogen (secondary N) is 1. The molecule has 0 aromatic carbocycles. The topological polar surface area (TPSA) is 77.1 Å². The molecule has 0 aliphatic heterocycles. The molecule has 1 unspecified atom stereocenters. The molecule has 8 heteroatoms. The monoisotopic (exact) mass is 394 g/mol. The molecule has 4 rings (SSSR count). The highest BCUT2D eigenvalue weighted by atomic mass is 32.1. The van der Waals surface area contributed by atoms with Crippen molar-refractivity contribution in [3.05, 3.63) is 65.8 Å². The quantitative estimate of drug-likeness (QED) is 0.521. The van der Waals surface area contributed by atoms with Crippen LogP contribution in [0.5, 0.6) is 0 Å². The number of pyridine rings is 1. The van der Waals surface area contributed by atoms with Crippen molar-refractivity contribution in [3.8, 4) is 5.13 Å². The fourth-order valence-electron chi connectivity index (χ4n) is 3.17. The van der Waals surface area contributed by atoms with Crippen LogP contribution in [-0.2, 0) is 11.2 Å². The summed E-state index contributed by atoms with van der Waals surface area (Å²) in [6, 6.07) is 9.47. The van der Waals surface area contributed by atoms with Gasteiger partial charge in [0.1, 0.15) is 0 Å². The van der Waals surface area contributed by atoms with Gasteiger partial charge in [-0.05, 0) is 36.6 Å². The molecule has 1 atom stereocenters. The van der Waals surface area contributed by atoms with Crippen LogP contribution in [0.4, 0.5) is 0 Å². The average molecular weight is 395 g/mol. The summed E-state index contributed by atoms with van der Waals surface area (Å²) in [5.41, 5.74) is 1.54. The zero-order valence-corrected chi connectivity index (χ0v) is 16.6. The third kappa shape index (κ3) is 3.96. The van der Waals surface area contributed by atoms with Crippen molar-refractivity contribution in [2.45, 2.75) is 32.7 Å². The largest absolute Gasteiger partial charge is 0.346 e. The standard InChI is InChI=1S/C20H22N6OS/c1-14(2)11-16(19-24-23-17-7-3-4-10-26(17)19)22-18(27)12-15-13-28-20(21-15)25-8-5-6-9-25/h3-10,13-14,16H,11-12H2,1-2H3,(H,22,27). The number of aromatic nitrogens is 5. The third-order valence-corrected chi connectivity index (χ3v) is 5.30. The number of fused-ring (bicyclic) bond motifs is 1. The predicted octanol–water partition coefficient (Wildman–Crippen LogP) is 3.42. The van der Waals surface area contributed by atoms with Crippen molar-refractivity contribution in [1.29, 1.82) is 0 Å². The number of rotatable bonds is 7. The molecular weight excluding hydrogens is 372 g/mol. The molecule has 4 aromatic rings. The van der Waals surface area contributed by atoms with E-state index >= 15 is 0 Å². The average Bonchev–Trinajstić information content (AvgIpc) is 3.41. The van der Waals surface area contributed by atoms with Crippen LogP contribution < -0.4 is 5.32 Å². The van der Waals surface area contributed by atoms with E-state index in [0.717, 1.165) is 28.7 Å². The Morgan fingerprint density at radius 1 is 1.14 bits per heavy atom. The van der Waals surface area contributed by atoms with E-state index in [2.05, 4.69) is 34.3 Å². The van der Waals surface area contributed by atoms with Crippen LogP contribution in [-0.4, -0.2) is 30.1 Å². The highest BCUT2D eigenvalue weighted by Crippen LogP contribution is 2.21. The Bertz CT molecular complexity index is 1070. The van der Waals surface area contributed by atoms with E-state index in [1.54, 1.807) is 0 Å². The number of carbonyl (C=O) groups excluding carboxylic acids is 1. The molecule has 28 heavy (non-hydrogen) atoms. The zero-order valence-electron chi connectivity index (χ0n) is 15.8. The Balaban J connectivity index is 1.50. The fourth-order valence-corrected chi connectivity index (χ4v) is 3.96. The Kier molecular flexibility index (Phi) is 5.21. The molecule has 0 saturated carbocycles. The molecule has 0 aliphatic rings. The molecule has 4 heterocycles. The minimum absolute atomic E-state index is 0.0670. The molecule has 7 nitrogen and oxygen atoms in total. The lowest BCUT2D eigenvalue weighted by Gasteiger charge is -2.19. The van der Waals surface area contributed by atoms with Crippen molar-refractivity contribution in [1.82, 2.24) is 29.5 Å². The summed E-state index contributed by atoms with van der Waals surface area (Å²) in [7, 11) is 0. The number of nitrogens with zero attached hydrogens (tertiary/aromatic N) is 5. The summed E-state index contributed by atoms with van der Waals surface area (Å²) in [5.74, 6) is 1.09. The molecule has 1 amide bonds. The van der Waals surface area contributed by atoms with Gasteiger partial charge in [0.25, 0.3) is 0 Å². The van der Waals surface area contributed by atoms with E-state index in [0.29, 0.717) is 5.92 Å². The summed E-state index contributed by atoms with van der Waals surface area (Å²) in [6.07, 6.45) is 6.83. The van der Waals surface area contributed by atoms with E-state index < -0.39 is 0 Å². The van der Waals surface area contributed by atoms with Crippen LogP contribution in [0.3, 0.4) is 0 Å². The normalized spacial score (nSPS) is 12.5. The number of hydrogen-bond acceptors (Lipinski definition) is 5. The summed E-state index contributed by atoms with van der Waals surface area (Å²) < 4.78 is 3.87. The Morgan fingerprint density at radius 2 is 1.93 bits per heavy atom. The summed E-state index contributed by atoms with van der Waals surface area (Å²) in [5, 5.41) is 14.5. The van der Waals surface area contributed by atoms with E-state index in [1.165, 1.54) is 11.3 Å². The van der Waals surface area contributed by atoms with E-state index in [-0.39, 0.29) is 18.4 Å². The second-order valence-electron chi connectivity index (χ2n) is 7.13. The van der Waals surface area contributed by atoms with Gasteiger partial charge in [0.05, 0.1) is 18.2 Å². The van der Waals surface area contributed by atoms with Crippen molar-refractivity contribution in [3.63, 3.8) is 0 Å². The van der Waals surface area contributed by atoms with Crippen LogP contribution >= 0.6 is 11.3 Å². The van der Waals surface area contributed by atoms with E-state index in [4.69, 9.17) is 0 Å². The highest BCUT2D eigenvalue weighted by Gasteiger charge is 2.22. The van der Waals surface area contributed by atoms with Gasteiger partial charge < -0.3 is 9.88 Å². The number of thiazole rings is 1. The van der Waals surface area contributed by atoms with Gasteiger partial charge in [-0.3, -0.25) is 9.20 Å². The summed E-state index contributed by atoms with van der Waals surface area (Å²) in [4.78, 5) is 17.3. The van der Waals surface area contributed by atoms with Gasteiger partial charge in [0.15, 0.2) is 16.6 Å². The Hall–Kier alpha value is -3.00. The maximum Gasteiger partial charge on any atom is 0.226 e. The third-order valence-electron chi connectivity index (χ3n) is 4.40. The zero-order chi connectivity index (χ0) is 19.5.